The van der Waals surface area contributed by atoms with Crippen LogP contribution in [0.25, 0.3) is 11.5 Å². The molecule has 3 aromatic rings. The second-order valence-electron chi connectivity index (χ2n) is 7.75. The SMILES string of the molecule is COc1cccc(-c2nnc(C)n2C2CC2)n1.COc1cnc([C@@H](C)C(C)C)cn1.[HH]. The lowest BCUT2D eigenvalue weighted by Gasteiger charge is -2.13. The van der Waals surface area contributed by atoms with E-state index in [-0.39, 0.29) is 1.43 Å². The van der Waals surface area contributed by atoms with Gasteiger partial charge in [-0.2, -0.15) is 0 Å². The highest BCUT2D eigenvalue weighted by molar-refractivity contribution is 5.51. The Hall–Kier alpha value is -3.03. The van der Waals surface area contributed by atoms with Gasteiger partial charge in [-0.25, -0.2) is 9.97 Å². The number of aromatic nitrogens is 6. The summed E-state index contributed by atoms with van der Waals surface area (Å²) in [6, 6.07) is 6.23. The summed E-state index contributed by atoms with van der Waals surface area (Å²) < 4.78 is 12.2. The molecular weight excluding hydrogens is 380 g/mol. The summed E-state index contributed by atoms with van der Waals surface area (Å²) in [5.74, 6) is 3.99. The number of hydrogen-bond donors (Lipinski definition) is 0. The summed E-state index contributed by atoms with van der Waals surface area (Å²) in [6.45, 7) is 8.49. The Morgan fingerprint density at radius 2 is 1.73 bits per heavy atom. The Kier molecular flexibility index (Phi) is 6.97. The van der Waals surface area contributed by atoms with Gasteiger partial charge in [-0.15, -0.1) is 10.2 Å². The minimum absolute atomic E-state index is 0. The molecule has 1 fully saturated rings. The zero-order valence-corrected chi connectivity index (χ0v) is 18.5. The molecule has 30 heavy (non-hydrogen) atoms. The summed E-state index contributed by atoms with van der Waals surface area (Å²) in [5, 5.41) is 8.36. The van der Waals surface area contributed by atoms with E-state index in [1.807, 2.05) is 25.1 Å². The Bertz CT molecular complexity index is 957. The number of pyridine rings is 1. The lowest BCUT2D eigenvalue weighted by atomic mass is 9.95. The first-order valence-electron chi connectivity index (χ1n) is 10.2. The second kappa shape index (κ2) is 9.65. The third kappa shape index (κ3) is 5.11. The highest BCUT2D eigenvalue weighted by Crippen LogP contribution is 2.38. The molecular formula is C22H32N6O2. The Morgan fingerprint density at radius 3 is 2.30 bits per heavy atom. The Balaban J connectivity index is 0.000000222. The van der Waals surface area contributed by atoms with Crippen LogP contribution in [0.4, 0.5) is 0 Å². The maximum absolute atomic E-state index is 5.13. The highest BCUT2D eigenvalue weighted by atomic mass is 16.5. The molecule has 3 heterocycles. The van der Waals surface area contributed by atoms with Crippen molar-refractivity contribution >= 4 is 0 Å². The van der Waals surface area contributed by atoms with Gasteiger partial charge >= 0.3 is 0 Å². The van der Waals surface area contributed by atoms with Crippen molar-refractivity contribution in [2.24, 2.45) is 5.92 Å². The molecule has 0 unspecified atom stereocenters. The molecule has 1 aliphatic rings. The molecule has 162 valence electrons. The van der Waals surface area contributed by atoms with Crippen LogP contribution in [0.3, 0.4) is 0 Å². The van der Waals surface area contributed by atoms with Gasteiger partial charge in [0.25, 0.3) is 0 Å². The number of rotatable bonds is 6. The smallest absolute Gasteiger partial charge is 0.231 e. The van der Waals surface area contributed by atoms with Gasteiger partial charge in [-0.1, -0.05) is 26.8 Å². The quantitative estimate of drug-likeness (QED) is 0.590. The number of nitrogens with zero attached hydrogens (tertiary/aromatic N) is 6. The molecule has 4 rings (SSSR count). The van der Waals surface area contributed by atoms with Crippen molar-refractivity contribution in [2.75, 3.05) is 14.2 Å². The van der Waals surface area contributed by atoms with Crippen LogP contribution in [0.15, 0.2) is 30.6 Å². The Labute approximate surface area is 179 Å². The summed E-state index contributed by atoms with van der Waals surface area (Å²) in [6.07, 6.45) is 5.85. The van der Waals surface area contributed by atoms with Gasteiger partial charge in [0.2, 0.25) is 11.8 Å². The van der Waals surface area contributed by atoms with E-state index in [0.29, 0.717) is 29.6 Å². The van der Waals surface area contributed by atoms with Gasteiger partial charge in [0, 0.05) is 19.5 Å². The van der Waals surface area contributed by atoms with Crippen LogP contribution < -0.4 is 9.47 Å². The maximum Gasteiger partial charge on any atom is 0.231 e. The fraction of sp³-hybridized carbons (Fsp3) is 0.500. The monoisotopic (exact) mass is 412 g/mol. The fourth-order valence-electron chi connectivity index (χ4n) is 2.98. The molecule has 1 aliphatic carbocycles. The maximum atomic E-state index is 5.13. The minimum Gasteiger partial charge on any atom is -0.481 e. The van der Waals surface area contributed by atoms with Gasteiger partial charge in [0.15, 0.2) is 5.82 Å². The molecule has 8 nitrogen and oxygen atoms in total. The van der Waals surface area contributed by atoms with E-state index in [9.17, 15) is 0 Å². The minimum atomic E-state index is 0. The first-order valence-corrected chi connectivity index (χ1v) is 10.2. The first kappa shape index (κ1) is 21.7. The highest BCUT2D eigenvalue weighted by Gasteiger charge is 2.29. The largest absolute Gasteiger partial charge is 0.481 e. The third-order valence-corrected chi connectivity index (χ3v) is 5.26. The van der Waals surface area contributed by atoms with Gasteiger partial charge in [-0.05, 0) is 31.7 Å². The fourth-order valence-corrected chi connectivity index (χ4v) is 2.98. The number of hydrogen-bond acceptors (Lipinski definition) is 7. The summed E-state index contributed by atoms with van der Waals surface area (Å²) in [7, 11) is 3.21. The van der Waals surface area contributed by atoms with Crippen LogP contribution in [0.2, 0.25) is 0 Å². The zero-order valence-electron chi connectivity index (χ0n) is 18.5. The molecule has 0 radical (unpaired) electrons. The van der Waals surface area contributed by atoms with Crippen molar-refractivity contribution in [3.8, 4) is 23.3 Å². The average Bonchev–Trinajstić information content (AvgIpc) is 3.54. The predicted molar refractivity (Wildman–Crippen MR) is 117 cm³/mol. The molecule has 0 aromatic carbocycles. The summed E-state index contributed by atoms with van der Waals surface area (Å²) in [4.78, 5) is 12.8. The van der Waals surface area contributed by atoms with Gasteiger partial charge < -0.3 is 14.0 Å². The van der Waals surface area contributed by atoms with Crippen LogP contribution in [-0.4, -0.2) is 43.9 Å². The van der Waals surface area contributed by atoms with E-state index in [4.69, 9.17) is 9.47 Å². The van der Waals surface area contributed by atoms with E-state index < -0.39 is 0 Å². The van der Waals surface area contributed by atoms with Crippen molar-refractivity contribution in [2.45, 2.75) is 52.5 Å². The lowest BCUT2D eigenvalue weighted by Crippen LogP contribution is -2.05. The molecule has 8 heteroatoms. The lowest BCUT2D eigenvalue weighted by molar-refractivity contribution is 0.393. The summed E-state index contributed by atoms with van der Waals surface area (Å²) in [5.41, 5.74) is 1.84. The van der Waals surface area contributed by atoms with Gasteiger partial charge in [0.1, 0.15) is 11.5 Å². The van der Waals surface area contributed by atoms with Crippen LogP contribution in [0, 0.1) is 12.8 Å². The van der Waals surface area contributed by atoms with Crippen LogP contribution in [0.1, 0.15) is 58.5 Å². The topological polar surface area (TPSA) is 87.8 Å². The zero-order chi connectivity index (χ0) is 21.7. The molecule has 0 saturated heterocycles. The van der Waals surface area contributed by atoms with Crippen molar-refractivity contribution in [3.63, 3.8) is 0 Å². The van der Waals surface area contributed by atoms with Crippen molar-refractivity contribution < 1.29 is 10.9 Å². The standard InChI is InChI=1S/C12H14N4O.C10H16N2O.H2/c1-8-14-15-12(16(8)9-6-7-9)10-4-3-5-11(13-10)17-2;1-7(2)8(3)9-5-12-10(13-4)6-11-9;/h3-5,9H,6-7H2,1-2H3;5-8H,1-4H3;1H/t;8-;/m.0./s1. The van der Waals surface area contributed by atoms with E-state index >= 15 is 0 Å². The molecule has 1 saturated carbocycles. The normalized spacial score (nSPS) is 14.1. The molecule has 0 bridgehead atoms. The van der Waals surface area contributed by atoms with Crippen molar-refractivity contribution in [3.05, 3.63) is 42.1 Å². The second-order valence-corrected chi connectivity index (χ2v) is 7.75. The molecule has 3 aromatic heterocycles. The summed E-state index contributed by atoms with van der Waals surface area (Å²) >= 11 is 0. The Morgan fingerprint density at radius 1 is 1.00 bits per heavy atom. The molecule has 0 amide bonds. The average molecular weight is 413 g/mol. The number of aryl methyl sites for hydroxylation is 1. The molecule has 0 spiro atoms. The van der Waals surface area contributed by atoms with Crippen molar-refractivity contribution in [1.29, 1.82) is 0 Å². The first-order chi connectivity index (χ1) is 14.4. The number of methoxy groups -OCH3 is 2. The molecule has 0 N–H and O–H groups in total. The molecule has 1 atom stereocenters. The van der Waals surface area contributed by atoms with E-state index in [1.165, 1.54) is 12.8 Å². The van der Waals surface area contributed by atoms with Gasteiger partial charge in [-0.3, -0.25) is 4.98 Å². The van der Waals surface area contributed by atoms with Crippen LogP contribution >= 0.6 is 0 Å². The van der Waals surface area contributed by atoms with Crippen LogP contribution in [0.5, 0.6) is 11.8 Å². The number of ether oxygens (including phenoxy) is 2. The predicted octanol–water partition coefficient (Wildman–Crippen LogP) is 4.48. The van der Waals surface area contributed by atoms with Crippen LogP contribution in [-0.2, 0) is 0 Å². The molecule has 0 aliphatic heterocycles. The van der Waals surface area contributed by atoms with E-state index in [1.54, 1.807) is 26.6 Å². The van der Waals surface area contributed by atoms with Crippen molar-refractivity contribution in [1.82, 2.24) is 29.7 Å². The van der Waals surface area contributed by atoms with E-state index in [2.05, 4.69) is 50.5 Å². The van der Waals surface area contributed by atoms with E-state index in [0.717, 1.165) is 23.0 Å². The van der Waals surface area contributed by atoms with Gasteiger partial charge in [0.05, 0.1) is 32.3 Å². The third-order valence-electron chi connectivity index (χ3n) is 5.26.